The van der Waals surface area contributed by atoms with Gasteiger partial charge in [-0.25, -0.2) is 0 Å². The van der Waals surface area contributed by atoms with Crippen LogP contribution >= 0.6 is 15.9 Å². The number of hydrogen-bond acceptors (Lipinski definition) is 3. The molecule has 0 bridgehead atoms. The van der Waals surface area contributed by atoms with Crippen molar-refractivity contribution in [2.75, 3.05) is 26.7 Å². The number of hydrogen-bond donors (Lipinski definition) is 1. The van der Waals surface area contributed by atoms with E-state index < -0.39 is 0 Å². The molecule has 1 aliphatic heterocycles. The van der Waals surface area contributed by atoms with Gasteiger partial charge in [-0.3, -0.25) is 0 Å². The fraction of sp³-hybridized carbons (Fsp3) is 0.625. The van der Waals surface area contributed by atoms with E-state index in [1.807, 2.05) is 0 Å². The zero-order valence-electron chi connectivity index (χ0n) is 12.4. The van der Waals surface area contributed by atoms with E-state index in [-0.39, 0.29) is 0 Å². The highest BCUT2D eigenvalue weighted by Gasteiger charge is 2.21. The third-order valence-corrected chi connectivity index (χ3v) is 4.32. The fourth-order valence-electron chi connectivity index (χ4n) is 2.64. The van der Waals surface area contributed by atoms with Crippen molar-refractivity contribution in [1.29, 1.82) is 0 Å². The number of halogens is 1. The average molecular weight is 341 g/mol. The summed E-state index contributed by atoms with van der Waals surface area (Å²) in [5.74, 6) is 0. The van der Waals surface area contributed by atoms with E-state index in [9.17, 15) is 0 Å². The summed E-state index contributed by atoms with van der Waals surface area (Å²) in [4.78, 5) is 2.34. The molecule has 1 heterocycles. The molecule has 2 rings (SSSR count). The minimum Gasteiger partial charge on any atom is -0.377 e. The summed E-state index contributed by atoms with van der Waals surface area (Å²) < 4.78 is 6.85. The number of benzene rings is 1. The minimum atomic E-state index is 0.408. The van der Waals surface area contributed by atoms with Crippen LogP contribution < -0.4 is 5.32 Å². The second-order valence-electron chi connectivity index (χ2n) is 5.66. The topological polar surface area (TPSA) is 24.5 Å². The standard InChI is InChI=1S/C16H25BrN2O/c1-13(16-7-4-10-20-16)18-8-9-19(2)12-14-5-3-6-15(17)11-14/h3,5-6,11,13,16,18H,4,7-10,12H2,1-2H3. The molecule has 1 fully saturated rings. The molecular formula is C16H25BrN2O. The van der Waals surface area contributed by atoms with Crippen LogP contribution in [0.25, 0.3) is 0 Å². The van der Waals surface area contributed by atoms with Gasteiger partial charge in [0.15, 0.2) is 0 Å². The Balaban J connectivity index is 1.65. The molecule has 0 aliphatic carbocycles. The lowest BCUT2D eigenvalue weighted by atomic mass is 10.1. The molecule has 112 valence electrons. The van der Waals surface area contributed by atoms with Crippen LogP contribution in [0.1, 0.15) is 25.3 Å². The first-order valence-electron chi connectivity index (χ1n) is 7.43. The summed E-state index contributed by atoms with van der Waals surface area (Å²) in [5.41, 5.74) is 1.34. The fourth-order valence-corrected chi connectivity index (χ4v) is 3.08. The smallest absolute Gasteiger partial charge is 0.0726 e. The third kappa shape index (κ3) is 5.17. The van der Waals surface area contributed by atoms with Crippen molar-refractivity contribution in [3.8, 4) is 0 Å². The van der Waals surface area contributed by atoms with Gasteiger partial charge in [-0.15, -0.1) is 0 Å². The maximum atomic E-state index is 5.70. The van der Waals surface area contributed by atoms with Gasteiger partial charge in [-0.2, -0.15) is 0 Å². The van der Waals surface area contributed by atoms with Gasteiger partial charge < -0.3 is 15.0 Å². The van der Waals surface area contributed by atoms with Gasteiger partial charge in [0.2, 0.25) is 0 Å². The van der Waals surface area contributed by atoms with Gasteiger partial charge in [0.05, 0.1) is 6.10 Å². The molecule has 0 aromatic heterocycles. The molecule has 2 unspecified atom stereocenters. The SMILES string of the molecule is CC(NCCN(C)Cc1cccc(Br)c1)C1CCCO1. The van der Waals surface area contributed by atoms with E-state index in [1.54, 1.807) is 0 Å². The molecule has 1 aliphatic rings. The summed E-state index contributed by atoms with van der Waals surface area (Å²) in [6.45, 7) is 6.19. The predicted octanol–water partition coefficient (Wildman–Crippen LogP) is 3.04. The van der Waals surface area contributed by atoms with Crippen LogP contribution in [-0.2, 0) is 11.3 Å². The highest BCUT2D eigenvalue weighted by Crippen LogP contribution is 2.15. The number of rotatable bonds is 7. The number of likely N-dealkylation sites (N-methyl/N-ethyl adjacent to an activating group) is 1. The van der Waals surface area contributed by atoms with Crippen LogP contribution in [0.3, 0.4) is 0 Å². The molecular weight excluding hydrogens is 316 g/mol. The molecule has 1 aromatic rings. The van der Waals surface area contributed by atoms with Gasteiger partial charge in [0.1, 0.15) is 0 Å². The molecule has 1 aromatic carbocycles. The number of nitrogens with one attached hydrogen (secondary N) is 1. The second-order valence-corrected chi connectivity index (χ2v) is 6.58. The van der Waals surface area contributed by atoms with Crippen LogP contribution in [0.2, 0.25) is 0 Å². The molecule has 0 amide bonds. The Hall–Kier alpha value is -0.420. The van der Waals surface area contributed by atoms with E-state index in [0.29, 0.717) is 12.1 Å². The van der Waals surface area contributed by atoms with E-state index in [2.05, 4.69) is 64.4 Å². The molecule has 1 saturated heterocycles. The minimum absolute atomic E-state index is 0.408. The van der Waals surface area contributed by atoms with Gasteiger partial charge >= 0.3 is 0 Å². The average Bonchev–Trinajstić information content (AvgIpc) is 2.92. The first-order valence-corrected chi connectivity index (χ1v) is 8.22. The van der Waals surface area contributed by atoms with Crippen molar-refractivity contribution in [2.24, 2.45) is 0 Å². The third-order valence-electron chi connectivity index (χ3n) is 3.82. The van der Waals surface area contributed by atoms with Crippen LogP contribution in [0.5, 0.6) is 0 Å². The lowest BCUT2D eigenvalue weighted by Crippen LogP contribution is -2.40. The Kier molecular flexibility index (Phi) is 6.49. The lowest BCUT2D eigenvalue weighted by Gasteiger charge is -2.22. The van der Waals surface area contributed by atoms with Gasteiger partial charge in [0, 0.05) is 36.8 Å². The first kappa shape index (κ1) is 16.0. The van der Waals surface area contributed by atoms with Gasteiger partial charge in [0.25, 0.3) is 0 Å². The maximum absolute atomic E-state index is 5.70. The molecule has 20 heavy (non-hydrogen) atoms. The van der Waals surface area contributed by atoms with E-state index in [1.165, 1.54) is 18.4 Å². The lowest BCUT2D eigenvalue weighted by molar-refractivity contribution is 0.0829. The summed E-state index contributed by atoms with van der Waals surface area (Å²) in [7, 11) is 2.17. The normalized spacial score (nSPS) is 20.5. The second kappa shape index (κ2) is 8.13. The zero-order valence-corrected chi connectivity index (χ0v) is 14.0. The van der Waals surface area contributed by atoms with Crippen molar-refractivity contribution >= 4 is 15.9 Å². The Morgan fingerprint density at radius 2 is 2.35 bits per heavy atom. The summed E-state index contributed by atoms with van der Waals surface area (Å²) in [6.07, 6.45) is 2.81. The van der Waals surface area contributed by atoms with Gasteiger partial charge in [-0.1, -0.05) is 28.1 Å². The molecule has 0 spiro atoms. The largest absolute Gasteiger partial charge is 0.377 e. The number of nitrogens with zero attached hydrogens (tertiary/aromatic N) is 1. The monoisotopic (exact) mass is 340 g/mol. The zero-order chi connectivity index (χ0) is 14.4. The maximum Gasteiger partial charge on any atom is 0.0726 e. The Bertz CT molecular complexity index is 407. The highest BCUT2D eigenvalue weighted by atomic mass is 79.9. The number of ether oxygens (including phenoxy) is 1. The summed E-state index contributed by atoms with van der Waals surface area (Å²) in [6, 6.07) is 8.96. The van der Waals surface area contributed by atoms with Crippen LogP contribution in [0.15, 0.2) is 28.7 Å². The van der Waals surface area contributed by atoms with Crippen LogP contribution in [0.4, 0.5) is 0 Å². The Morgan fingerprint density at radius 3 is 3.05 bits per heavy atom. The summed E-state index contributed by atoms with van der Waals surface area (Å²) in [5, 5.41) is 3.58. The van der Waals surface area contributed by atoms with Crippen molar-refractivity contribution in [3.05, 3.63) is 34.3 Å². The summed E-state index contributed by atoms with van der Waals surface area (Å²) >= 11 is 3.52. The highest BCUT2D eigenvalue weighted by molar-refractivity contribution is 9.10. The molecule has 2 atom stereocenters. The Morgan fingerprint density at radius 1 is 1.50 bits per heavy atom. The molecule has 0 saturated carbocycles. The van der Waals surface area contributed by atoms with Crippen molar-refractivity contribution in [1.82, 2.24) is 10.2 Å². The van der Waals surface area contributed by atoms with Crippen molar-refractivity contribution in [2.45, 2.75) is 38.5 Å². The van der Waals surface area contributed by atoms with E-state index in [0.717, 1.165) is 30.7 Å². The van der Waals surface area contributed by atoms with Crippen LogP contribution in [-0.4, -0.2) is 43.8 Å². The molecule has 0 radical (unpaired) electrons. The van der Waals surface area contributed by atoms with E-state index in [4.69, 9.17) is 4.74 Å². The molecule has 1 N–H and O–H groups in total. The van der Waals surface area contributed by atoms with Crippen LogP contribution in [0, 0.1) is 0 Å². The van der Waals surface area contributed by atoms with Gasteiger partial charge in [-0.05, 0) is 44.5 Å². The van der Waals surface area contributed by atoms with Crippen molar-refractivity contribution in [3.63, 3.8) is 0 Å². The quantitative estimate of drug-likeness (QED) is 0.825. The molecule has 3 nitrogen and oxygen atoms in total. The first-order chi connectivity index (χ1) is 9.65. The Labute approximate surface area is 130 Å². The predicted molar refractivity (Wildman–Crippen MR) is 86.9 cm³/mol. The molecule has 4 heteroatoms. The van der Waals surface area contributed by atoms with E-state index >= 15 is 0 Å². The van der Waals surface area contributed by atoms with Crippen molar-refractivity contribution < 1.29 is 4.74 Å².